The van der Waals surface area contributed by atoms with E-state index in [9.17, 15) is 0 Å². The van der Waals surface area contributed by atoms with Crippen molar-refractivity contribution in [3.63, 3.8) is 0 Å². The summed E-state index contributed by atoms with van der Waals surface area (Å²) in [5, 5.41) is 3.98. The van der Waals surface area contributed by atoms with E-state index in [2.05, 4.69) is 36.5 Å². The second-order valence-corrected chi connectivity index (χ2v) is 5.57. The van der Waals surface area contributed by atoms with Gasteiger partial charge in [0.2, 0.25) is 0 Å². The number of hydrogen-bond donors (Lipinski definition) is 1. The lowest BCUT2D eigenvalue weighted by atomic mass is 10.1. The van der Waals surface area contributed by atoms with E-state index in [-0.39, 0.29) is 0 Å². The zero-order chi connectivity index (χ0) is 15.9. The van der Waals surface area contributed by atoms with Crippen LogP contribution >= 0.6 is 12.2 Å². The number of thiocarbonyl (C=S) groups is 1. The van der Waals surface area contributed by atoms with E-state index in [1.807, 2.05) is 36.2 Å². The average molecular weight is 314 g/mol. The van der Waals surface area contributed by atoms with Crippen LogP contribution in [0.2, 0.25) is 0 Å². The highest BCUT2D eigenvalue weighted by Gasteiger charge is 2.06. The molecule has 2 aromatic rings. The molecule has 4 heteroatoms. The van der Waals surface area contributed by atoms with Crippen LogP contribution in [0.25, 0.3) is 0 Å². The Morgan fingerprint density at radius 1 is 1.05 bits per heavy atom. The van der Waals surface area contributed by atoms with Gasteiger partial charge in [0, 0.05) is 19.3 Å². The van der Waals surface area contributed by atoms with Gasteiger partial charge < -0.3 is 15.0 Å². The van der Waals surface area contributed by atoms with E-state index in [1.54, 1.807) is 7.11 Å². The van der Waals surface area contributed by atoms with Gasteiger partial charge in [0.15, 0.2) is 5.11 Å². The van der Waals surface area contributed by atoms with Gasteiger partial charge in [0.25, 0.3) is 0 Å². The van der Waals surface area contributed by atoms with Crippen molar-refractivity contribution in [2.45, 2.75) is 19.9 Å². The third-order valence-electron chi connectivity index (χ3n) is 3.54. The maximum absolute atomic E-state index is 5.46. The monoisotopic (exact) mass is 314 g/mol. The van der Waals surface area contributed by atoms with Crippen molar-refractivity contribution in [2.75, 3.05) is 19.5 Å². The Hall–Kier alpha value is -2.07. The van der Waals surface area contributed by atoms with Crippen LogP contribution in [0.4, 0.5) is 5.69 Å². The Morgan fingerprint density at radius 3 is 2.18 bits per heavy atom. The molecule has 3 nitrogen and oxygen atoms in total. The fourth-order valence-corrected chi connectivity index (χ4v) is 2.30. The summed E-state index contributed by atoms with van der Waals surface area (Å²) < 4.78 is 5.17. The molecule has 0 saturated carbocycles. The zero-order valence-electron chi connectivity index (χ0n) is 13.3. The summed E-state index contributed by atoms with van der Waals surface area (Å²) >= 11 is 5.46. The number of benzene rings is 2. The van der Waals surface area contributed by atoms with Gasteiger partial charge in [-0.3, -0.25) is 0 Å². The van der Waals surface area contributed by atoms with Crippen LogP contribution in [0, 0.1) is 0 Å². The standard InChI is InChI=1S/C18H22N2OS/c1-4-14-5-9-16(10-6-14)19-18(22)20(2)13-15-7-11-17(21-3)12-8-15/h5-12H,4,13H2,1-3H3,(H,19,22). The van der Waals surface area contributed by atoms with E-state index < -0.39 is 0 Å². The van der Waals surface area contributed by atoms with E-state index in [4.69, 9.17) is 17.0 Å². The summed E-state index contributed by atoms with van der Waals surface area (Å²) in [6.07, 6.45) is 1.04. The number of methoxy groups -OCH3 is 1. The van der Waals surface area contributed by atoms with Gasteiger partial charge in [0.1, 0.15) is 5.75 Å². The first kappa shape index (κ1) is 16.3. The minimum atomic E-state index is 0.708. The molecule has 0 unspecified atom stereocenters. The molecule has 1 N–H and O–H groups in total. The summed E-state index contributed by atoms with van der Waals surface area (Å²) in [6.45, 7) is 2.90. The third kappa shape index (κ3) is 4.46. The maximum atomic E-state index is 5.46. The molecule has 22 heavy (non-hydrogen) atoms. The van der Waals surface area contributed by atoms with Gasteiger partial charge >= 0.3 is 0 Å². The van der Waals surface area contributed by atoms with Crippen molar-refractivity contribution in [1.82, 2.24) is 4.90 Å². The van der Waals surface area contributed by atoms with Crippen molar-refractivity contribution < 1.29 is 4.74 Å². The van der Waals surface area contributed by atoms with Gasteiger partial charge in [-0.25, -0.2) is 0 Å². The van der Waals surface area contributed by atoms with Gasteiger partial charge in [-0.2, -0.15) is 0 Å². The summed E-state index contributed by atoms with van der Waals surface area (Å²) in [6, 6.07) is 16.4. The molecule has 0 aliphatic rings. The molecule has 2 rings (SSSR count). The molecule has 0 aliphatic heterocycles. The highest BCUT2D eigenvalue weighted by Crippen LogP contribution is 2.14. The van der Waals surface area contributed by atoms with Crippen molar-refractivity contribution >= 4 is 23.0 Å². The first-order valence-corrected chi connectivity index (χ1v) is 7.77. The molecule has 0 spiro atoms. The Bertz CT molecular complexity index is 608. The average Bonchev–Trinajstić information content (AvgIpc) is 2.56. The minimum absolute atomic E-state index is 0.708. The quantitative estimate of drug-likeness (QED) is 0.840. The number of rotatable bonds is 5. The second-order valence-electron chi connectivity index (χ2n) is 5.18. The lowest BCUT2D eigenvalue weighted by molar-refractivity contribution is 0.414. The van der Waals surface area contributed by atoms with E-state index in [0.717, 1.165) is 24.4 Å². The molecule has 0 heterocycles. The molecule has 0 saturated heterocycles. The fraction of sp³-hybridized carbons (Fsp3) is 0.278. The van der Waals surface area contributed by atoms with Crippen LogP contribution in [0.15, 0.2) is 48.5 Å². The molecule has 0 bridgehead atoms. The molecule has 0 aliphatic carbocycles. The number of anilines is 1. The number of nitrogens with zero attached hydrogens (tertiary/aromatic N) is 1. The minimum Gasteiger partial charge on any atom is -0.497 e. The lowest BCUT2D eigenvalue weighted by Gasteiger charge is -2.21. The van der Waals surface area contributed by atoms with Crippen LogP contribution in [-0.4, -0.2) is 24.2 Å². The van der Waals surface area contributed by atoms with Crippen molar-refractivity contribution in [3.05, 3.63) is 59.7 Å². The highest BCUT2D eigenvalue weighted by atomic mass is 32.1. The zero-order valence-corrected chi connectivity index (χ0v) is 14.1. The van der Waals surface area contributed by atoms with Crippen LogP contribution in [0.5, 0.6) is 5.75 Å². The second kappa shape index (κ2) is 7.80. The van der Waals surface area contributed by atoms with E-state index >= 15 is 0 Å². The predicted molar refractivity (Wildman–Crippen MR) is 96.5 cm³/mol. The van der Waals surface area contributed by atoms with Crippen molar-refractivity contribution in [3.8, 4) is 5.75 Å². The van der Waals surface area contributed by atoms with Gasteiger partial charge in [-0.1, -0.05) is 31.2 Å². The third-order valence-corrected chi connectivity index (χ3v) is 3.95. The summed E-state index contributed by atoms with van der Waals surface area (Å²) in [4.78, 5) is 2.02. The van der Waals surface area contributed by atoms with Crippen LogP contribution in [0.3, 0.4) is 0 Å². The molecule has 0 aromatic heterocycles. The van der Waals surface area contributed by atoms with E-state index in [0.29, 0.717) is 5.11 Å². The molecule has 0 fully saturated rings. The van der Waals surface area contributed by atoms with Gasteiger partial charge in [-0.05, 0) is 54.0 Å². The Kier molecular flexibility index (Phi) is 5.78. The SMILES string of the molecule is CCc1ccc(NC(=S)N(C)Cc2ccc(OC)cc2)cc1. The first-order valence-electron chi connectivity index (χ1n) is 7.36. The van der Waals surface area contributed by atoms with Crippen LogP contribution < -0.4 is 10.1 Å². The Balaban J connectivity index is 1.92. The predicted octanol–water partition coefficient (Wildman–Crippen LogP) is 4.09. The van der Waals surface area contributed by atoms with Crippen molar-refractivity contribution in [2.24, 2.45) is 0 Å². The lowest BCUT2D eigenvalue weighted by Crippen LogP contribution is -2.30. The molecule has 2 aromatic carbocycles. The number of nitrogens with one attached hydrogen (secondary N) is 1. The Labute approximate surface area is 137 Å². The number of ether oxygens (including phenoxy) is 1. The maximum Gasteiger partial charge on any atom is 0.173 e. The smallest absolute Gasteiger partial charge is 0.173 e. The molecule has 116 valence electrons. The topological polar surface area (TPSA) is 24.5 Å². The summed E-state index contributed by atoms with van der Waals surface area (Å²) in [7, 11) is 3.66. The molecule has 0 radical (unpaired) electrons. The van der Waals surface area contributed by atoms with Crippen LogP contribution in [-0.2, 0) is 13.0 Å². The molecular weight excluding hydrogens is 292 g/mol. The van der Waals surface area contributed by atoms with Gasteiger partial charge in [-0.15, -0.1) is 0 Å². The first-order chi connectivity index (χ1) is 10.6. The highest BCUT2D eigenvalue weighted by molar-refractivity contribution is 7.80. The Morgan fingerprint density at radius 2 is 1.64 bits per heavy atom. The number of hydrogen-bond acceptors (Lipinski definition) is 2. The summed E-state index contributed by atoms with van der Waals surface area (Å²) in [5.41, 5.74) is 3.53. The summed E-state index contributed by atoms with van der Waals surface area (Å²) in [5.74, 6) is 0.864. The normalized spacial score (nSPS) is 10.1. The molecule has 0 amide bonds. The fourth-order valence-electron chi connectivity index (χ4n) is 2.12. The molecule has 0 atom stereocenters. The largest absolute Gasteiger partial charge is 0.497 e. The van der Waals surface area contributed by atoms with Crippen molar-refractivity contribution in [1.29, 1.82) is 0 Å². The molecular formula is C18H22N2OS. The van der Waals surface area contributed by atoms with Crippen LogP contribution in [0.1, 0.15) is 18.1 Å². The van der Waals surface area contributed by atoms with E-state index in [1.165, 1.54) is 11.1 Å². The number of aryl methyl sites for hydroxylation is 1. The van der Waals surface area contributed by atoms with Gasteiger partial charge in [0.05, 0.1) is 7.11 Å².